The zero-order chi connectivity index (χ0) is 19.0. The zero-order valence-electron chi connectivity index (χ0n) is 15.0. The largest absolute Gasteiger partial charge is 0.460 e. The SMILES string of the molecule is Cc1cccc(F)c1-c1nc(C#N)c(-c2cnc(OC(C)C3CC3)nc2)[nH]1. The van der Waals surface area contributed by atoms with Crippen LogP contribution >= 0.6 is 0 Å². The maximum atomic E-state index is 14.2. The molecule has 0 radical (unpaired) electrons. The van der Waals surface area contributed by atoms with E-state index < -0.39 is 5.82 Å². The lowest BCUT2D eigenvalue weighted by molar-refractivity contribution is 0.181. The van der Waals surface area contributed by atoms with Crippen LogP contribution in [0.2, 0.25) is 0 Å². The van der Waals surface area contributed by atoms with Crippen molar-refractivity contribution in [1.29, 1.82) is 5.26 Å². The summed E-state index contributed by atoms with van der Waals surface area (Å²) in [5, 5.41) is 9.43. The molecule has 0 spiro atoms. The van der Waals surface area contributed by atoms with Gasteiger partial charge in [0.05, 0.1) is 11.3 Å². The van der Waals surface area contributed by atoms with Gasteiger partial charge in [-0.05, 0) is 44.2 Å². The van der Waals surface area contributed by atoms with E-state index in [4.69, 9.17) is 4.74 Å². The highest BCUT2D eigenvalue weighted by Crippen LogP contribution is 2.34. The molecule has 1 atom stereocenters. The number of ether oxygens (including phenoxy) is 1. The molecular formula is C20H18FN5O. The Morgan fingerprint density at radius 3 is 2.67 bits per heavy atom. The molecule has 2 heterocycles. The second kappa shape index (κ2) is 6.80. The molecule has 1 N–H and O–H groups in total. The van der Waals surface area contributed by atoms with E-state index in [1.165, 1.54) is 18.9 Å². The van der Waals surface area contributed by atoms with Crippen LogP contribution in [-0.2, 0) is 0 Å². The Balaban J connectivity index is 1.65. The molecule has 4 rings (SSSR count). The predicted molar refractivity (Wildman–Crippen MR) is 97.3 cm³/mol. The van der Waals surface area contributed by atoms with Gasteiger partial charge in [0.15, 0.2) is 5.69 Å². The van der Waals surface area contributed by atoms with E-state index in [1.807, 2.05) is 13.0 Å². The molecule has 0 aliphatic heterocycles. The maximum Gasteiger partial charge on any atom is 0.316 e. The second-order valence-corrected chi connectivity index (χ2v) is 6.77. The van der Waals surface area contributed by atoms with Gasteiger partial charge in [0.2, 0.25) is 0 Å². The Kier molecular flexibility index (Phi) is 4.32. The number of benzene rings is 1. The molecule has 2 aromatic heterocycles. The lowest BCUT2D eigenvalue weighted by Gasteiger charge is -2.11. The molecule has 1 aliphatic rings. The molecular weight excluding hydrogens is 345 g/mol. The number of aromatic amines is 1. The van der Waals surface area contributed by atoms with Gasteiger partial charge in [-0.15, -0.1) is 0 Å². The van der Waals surface area contributed by atoms with E-state index in [0.29, 0.717) is 34.6 Å². The highest BCUT2D eigenvalue weighted by atomic mass is 19.1. The van der Waals surface area contributed by atoms with Crippen molar-refractivity contribution >= 4 is 0 Å². The first-order valence-electron chi connectivity index (χ1n) is 8.81. The minimum atomic E-state index is -0.395. The summed E-state index contributed by atoms with van der Waals surface area (Å²) in [6, 6.07) is 7.15. The lowest BCUT2D eigenvalue weighted by atomic mass is 10.1. The quantitative estimate of drug-likeness (QED) is 0.739. The van der Waals surface area contributed by atoms with Gasteiger partial charge in [-0.25, -0.2) is 19.3 Å². The zero-order valence-corrected chi connectivity index (χ0v) is 15.0. The first-order chi connectivity index (χ1) is 13.1. The van der Waals surface area contributed by atoms with E-state index in [2.05, 4.69) is 19.9 Å². The summed E-state index contributed by atoms with van der Waals surface area (Å²) in [5.74, 6) is 0.492. The Morgan fingerprint density at radius 1 is 1.30 bits per heavy atom. The fourth-order valence-electron chi connectivity index (χ4n) is 3.05. The van der Waals surface area contributed by atoms with Gasteiger partial charge in [-0.1, -0.05) is 12.1 Å². The van der Waals surface area contributed by atoms with Crippen molar-refractivity contribution in [1.82, 2.24) is 19.9 Å². The molecule has 27 heavy (non-hydrogen) atoms. The maximum absolute atomic E-state index is 14.2. The molecule has 1 saturated carbocycles. The van der Waals surface area contributed by atoms with Crippen LogP contribution in [0.25, 0.3) is 22.6 Å². The molecule has 3 aromatic rings. The number of H-pyrrole nitrogens is 1. The number of nitriles is 1. The van der Waals surface area contributed by atoms with E-state index in [-0.39, 0.29) is 11.8 Å². The van der Waals surface area contributed by atoms with Crippen LogP contribution in [0.4, 0.5) is 4.39 Å². The van der Waals surface area contributed by atoms with Crippen LogP contribution in [0.5, 0.6) is 6.01 Å². The van der Waals surface area contributed by atoms with Crippen LogP contribution in [0, 0.1) is 30.0 Å². The van der Waals surface area contributed by atoms with Gasteiger partial charge in [0.25, 0.3) is 0 Å². The van der Waals surface area contributed by atoms with E-state index in [9.17, 15) is 9.65 Å². The fourth-order valence-corrected chi connectivity index (χ4v) is 3.05. The first kappa shape index (κ1) is 17.2. The van der Waals surface area contributed by atoms with Crippen LogP contribution in [0.1, 0.15) is 31.0 Å². The molecule has 0 amide bonds. The monoisotopic (exact) mass is 363 g/mol. The Labute approximate surface area is 156 Å². The van der Waals surface area contributed by atoms with Gasteiger partial charge < -0.3 is 9.72 Å². The van der Waals surface area contributed by atoms with Gasteiger partial charge in [0.1, 0.15) is 23.8 Å². The van der Waals surface area contributed by atoms with Crippen LogP contribution in [-0.4, -0.2) is 26.0 Å². The molecule has 7 heteroatoms. The van der Waals surface area contributed by atoms with Crippen molar-refractivity contribution < 1.29 is 9.13 Å². The summed E-state index contributed by atoms with van der Waals surface area (Å²) in [6.45, 7) is 3.81. The molecule has 1 aromatic carbocycles. The van der Waals surface area contributed by atoms with Crippen molar-refractivity contribution in [2.75, 3.05) is 0 Å². The third-order valence-corrected chi connectivity index (χ3v) is 4.76. The van der Waals surface area contributed by atoms with Gasteiger partial charge in [-0.2, -0.15) is 5.26 Å². The summed E-state index contributed by atoms with van der Waals surface area (Å²) in [6.07, 6.45) is 5.60. The summed E-state index contributed by atoms with van der Waals surface area (Å²) >= 11 is 0. The number of hydrogen-bond acceptors (Lipinski definition) is 5. The van der Waals surface area contributed by atoms with Crippen molar-refractivity contribution in [2.24, 2.45) is 5.92 Å². The number of aromatic nitrogens is 4. The molecule has 1 fully saturated rings. The Bertz CT molecular complexity index is 998. The van der Waals surface area contributed by atoms with E-state index in [1.54, 1.807) is 31.5 Å². The highest BCUT2D eigenvalue weighted by molar-refractivity contribution is 5.70. The first-order valence-corrected chi connectivity index (χ1v) is 8.81. The highest BCUT2D eigenvalue weighted by Gasteiger charge is 2.30. The van der Waals surface area contributed by atoms with Gasteiger partial charge in [0, 0.05) is 18.0 Å². The Morgan fingerprint density at radius 2 is 2.04 bits per heavy atom. The number of rotatable bonds is 5. The minimum absolute atomic E-state index is 0.0910. The standard InChI is InChI=1S/C20H18FN5O/c1-11-4-3-5-15(21)17(11)19-25-16(8-22)18(26-19)14-9-23-20(24-10-14)27-12(2)13-6-7-13/h3-5,9-10,12-13H,6-7H2,1-2H3,(H,25,26). The molecule has 0 bridgehead atoms. The molecule has 0 saturated heterocycles. The summed E-state index contributed by atoms with van der Waals surface area (Å²) < 4.78 is 20.0. The number of imidazole rings is 1. The predicted octanol–water partition coefficient (Wildman–Crippen LogP) is 4.03. The number of hydrogen-bond donors (Lipinski definition) is 1. The van der Waals surface area contributed by atoms with Crippen molar-refractivity contribution in [2.45, 2.75) is 32.8 Å². The molecule has 136 valence electrons. The van der Waals surface area contributed by atoms with Crippen LogP contribution in [0.3, 0.4) is 0 Å². The number of halogens is 1. The van der Waals surface area contributed by atoms with Crippen molar-refractivity contribution in [3.8, 4) is 34.7 Å². The normalized spacial score (nSPS) is 14.6. The summed E-state index contributed by atoms with van der Waals surface area (Å²) in [5.41, 5.74) is 2.28. The average Bonchev–Trinajstić information content (AvgIpc) is 3.43. The van der Waals surface area contributed by atoms with Crippen LogP contribution < -0.4 is 4.74 Å². The average molecular weight is 363 g/mol. The lowest BCUT2D eigenvalue weighted by Crippen LogP contribution is -2.15. The third-order valence-electron chi connectivity index (χ3n) is 4.76. The van der Waals surface area contributed by atoms with Crippen molar-refractivity contribution in [3.05, 3.63) is 47.7 Å². The van der Waals surface area contributed by atoms with Crippen molar-refractivity contribution in [3.63, 3.8) is 0 Å². The summed E-state index contributed by atoms with van der Waals surface area (Å²) in [7, 11) is 0. The van der Waals surface area contributed by atoms with Gasteiger partial charge >= 0.3 is 6.01 Å². The third kappa shape index (κ3) is 3.38. The molecule has 1 unspecified atom stereocenters. The van der Waals surface area contributed by atoms with E-state index >= 15 is 0 Å². The second-order valence-electron chi connectivity index (χ2n) is 6.77. The topological polar surface area (TPSA) is 87.5 Å². The Hall–Kier alpha value is -3.27. The smallest absolute Gasteiger partial charge is 0.316 e. The summed E-state index contributed by atoms with van der Waals surface area (Å²) in [4.78, 5) is 15.8. The molecule has 1 aliphatic carbocycles. The molecule has 6 nitrogen and oxygen atoms in total. The van der Waals surface area contributed by atoms with Gasteiger partial charge in [-0.3, -0.25) is 0 Å². The number of nitrogens with zero attached hydrogens (tertiary/aromatic N) is 4. The number of nitrogens with one attached hydrogen (secondary N) is 1. The number of aryl methyl sites for hydroxylation is 1. The fraction of sp³-hybridized carbons (Fsp3) is 0.300. The van der Waals surface area contributed by atoms with Crippen LogP contribution in [0.15, 0.2) is 30.6 Å². The van der Waals surface area contributed by atoms with E-state index in [0.717, 1.165) is 5.56 Å². The minimum Gasteiger partial charge on any atom is -0.460 e.